The molecule has 3 aliphatic rings. The van der Waals surface area contributed by atoms with Gasteiger partial charge < -0.3 is 38.3 Å². The van der Waals surface area contributed by atoms with Gasteiger partial charge in [-0.1, -0.05) is 27.7 Å². The highest BCUT2D eigenvalue weighted by molar-refractivity contribution is 6.07. The molecular weight excluding hydrogens is 755 g/mol. The second-order valence-electron chi connectivity index (χ2n) is 16.7. The molecule has 3 fully saturated rings. The van der Waals surface area contributed by atoms with E-state index >= 15 is 4.39 Å². The Morgan fingerprint density at radius 3 is 2.47 bits per heavy atom. The number of nitrogens with one attached hydrogen (secondary N) is 1. The van der Waals surface area contributed by atoms with E-state index in [1.54, 1.807) is 46.4 Å². The third kappa shape index (κ3) is 9.44. The van der Waals surface area contributed by atoms with E-state index in [2.05, 4.69) is 15.4 Å². The van der Waals surface area contributed by atoms with Crippen molar-refractivity contribution < 1.29 is 52.4 Å². The Kier molecular flexibility index (Phi) is 14.5. The van der Waals surface area contributed by atoms with Crippen LogP contribution in [-0.2, 0) is 44.6 Å². The van der Waals surface area contributed by atoms with Crippen LogP contribution in [-0.4, -0.2) is 141 Å². The van der Waals surface area contributed by atoms with Gasteiger partial charge in [-0.05, 0) is 72.7 Å². The zero-order chi connectivity index (χ0) is 42.7. The number of aryl methyl sites for hydroxylation is 1. The van der Waals surface area contributed by atoms with Crippen LogP contribution in [0.5, 0.6) is 0 Å². The van der Waals surface area contributed by atoms with Crippen molar-refractivity contribution in [2.24, 2.45) is 17.8 Å². The van der Waals surface area contributed by atoms with Crippen LogP contribution in [0.1, 0.15) is 74.1 Å². The summed E-state index contributed by atoms with van der Waals surface area (Å²) in [6.07, 6.45) is 0.914. The Morgan fingerprint density at radius 1 is 1.10 bits per heavy atom. The first-order valence-electron chi connectivity index (χ1n) is 20.2. The Balaban J connectivity index is 1.43. The lowest BCUT2D eigenvalue weighted by Crippen LogP contribution is -2.61. The monoisotopic (exact) mass is 816 g/mol. The van der Waals surface area contributed by atoms with Gasteiger partial charge in [0.15, 0.2) is 18.2 Å². The van der Waals surface area contributed by atoms with E-state index in [4.69, 9.17) is 23.7 Å². The standard InChI is InChI=1S/C41H61FN6O10/c1-11-30-34-31(48(39(53)57-34)45-16-13-17-47-21-28(44-22-47)27-14-12-15-43-20-27)25(4)32(49)23(2)19-40(6,54-10)36(26(5)35(51)41(7,42)38(52)56-30)58-37-33(50)29(46(8)9)18-24(3)55-37/h12,14-15,20-26,29-31,33-34,36-37,45,50H,11,13,16-19H2,1-10H3/t23-,24-,25-,26+,29+,30-,31-,33-,34?,36-,37?,40-,41+/m1/s1. The minimum Gasteiger partial charge on any atom is -0.456 e. The number of Topliss-reactive ketones (excluding diaryl/α,β-unsaturated/α-hetero) is 2. The molecule has 13 atom stereocenters. The number of fused-ring (bicyclic) bond motifs is 1. The highest BCUT2D eigenvalue weighted by Gasteiger charge is 2.57. The molecule has 0 aliphatic carbocycles. The summed E-state index contributed by atoms with van der Waals surface area (Å²) >= 11 is 0. The number of amides is 1. The number of ether oxygens (including phenoxy) is 5. The van der Waals surface area contributed by atoms with Crippen molar-refractivity contribution in [3.05, 3.63) is 37.1 Å². The molecule has 0 aromatic carbocycles. The number of cyclic esters (lactones) is 1. The summed E-state index contributed by atoms with van der Waals surface area (Å²) in [7, 11) is 5.03. The first kappa shape index (κ1) is 45.2. The molecule has 5 rings (SSSR count). The number of imidazole rings is 1. The van der Waals surface area contributed by atoms with Crippen molar-refractivity contribution >= 4 is 23.6 Å². The Labute approximate surface area is 340 Å². The number of aliphatic hydroxyl groups excluding tert-OH is 1. The van der Waals surface area contributed by atoms with Gasteiger partial charge in [-0.3, -0.25) is 14.6 Å². The lowest BCUT2D eigenvalue weighted by Gasteiger charge is -2.47. The first-order valence-corrected chi connectivity index (χ1v) is 20.2. The third-order valence-corrected chi connectivity index (χ3v) is 12.1. The van der Waals surface area contributed by atoms with E-state index in [0.29, 0.717) is 25.9 Å². The number of halogens is 1. The largest absolute Gasteiger partial charge is 0.456 e. The smallest absolute Gasteiger partial charge is 0.425 e. The van der Waals surface area contributed by atoms with E-state index in [-0.39, 0.29) is 30.8 Å². The number of hydrogen-bond donors (Lipinski definition) is 2. The maximum Gasteiger partial charge on any atom is 0.425 e. The number of hydrogen-bond acceptors (Lipinski definition) is 14. The molecule has 5 heterocycles. The lowest BCUT2D eigenvalue weighted by molar-refractivity contribution is -0.295. The Bertz CT molecular complexity index is 1750. The van der Waals surface area contributed by atoms with E-state index in [1.807, 2.05) is 48.8 Å². The number of aromatic nitrogens is 3. The Hall–Kier alpha value is -3.87. The van der Waals surface area contributed by atoms with Crippen molar-refractivity contribution in [2.45, 2.75) is 141 Å². The average Bonchev–Trinajstić information content (AvgIpc) is 3.81. The van der Waals surface area contributed by atoms with Crippen LogP contribution >= 0.6 is 0 Å². The normalized spacial score (nSPS) is 36.7. The highest BCUT2D eigenvalue weighted by Crippen LogP contribution is 2.40. The van der Waals surface area contributed by atoms with Crippen molar-refractivity contribution in [3.8, 4) is 11.3 Å². The molecule has 0 bridgehead atoms. The molecule has 1 amide bonds. The molecule has 16 nitrogen and oxygen atoms in total. The van der Waals surface area contributed by atoms with Crippen LogP contribution in [0.25, 0.3) is 11.3 Å². The maximum absolute atomic E-state index is 16.8. The summed E-state index contributed by atoms with van der Waals surface area (Å²) in [6, 6.07) is 2.41. The van der Waals surface area contributed by atoms with Crippen molar-refractivity contribution in [1.82, 2.24) is 29.9 Å². The van der Waals surface area contributed by atoms with Crippen molar-refractivity contribution in [2.75, 3.05) is 27.7 Å². The van der Waals surface area contributed by atoms with E-state index in [9.17, 15) is 24.3 Å². The molecule has 17 heteroatoms. The number of rotatable bonds is 11. The predicted octanol–water partition coefficient (Wildman–Crippen LogP) is 3.75. The number of pyridine rings is 1. The summed E-state index contributed by atoms with van der Waals surface area (Å²) < 4.78 is 48.8. The molecule has 0 spiro atoms. The maximum atomic E-state index is 16.8. The first-order chi connectivity index (χ1) is 27.3. The number of carbonyl (C=O) groups is 4. The number of likely N-dealkylation sites (N-methyl/N-ethyl adjacent to an activating group) is 1. The van der Waals surface area contributed by atoms with Gasteiger partial charge in [-0.15, -0.1) is 0 Å². The zero-order valence-electron chi connectivity index (χ0n) is 35.3. The Morgan fingerprint density at radius 2 is 1.83 bits per heavy atom. The number of aliphatic hydroxyl groups is 1. The fraction of sp³-hybridized carbons (Fsp3) is 0.707. The van der Waals surface area contributed by atoms with Crippen molar-refractivity contribution in [3.63, 3.8) is 0 Å². The molecule has 322 valence electrons. The summed E-state index contributed by atoms with van der Waals surface area (Å²) in [4.78, 5) is 66.5. The van der Waals surface area contributed by atoms with Crippen LogP contribution in [0.15, 0.2) is 37.1 Å². The van der Waals surface area contributed by atoms with Gasteiger partial charge in [0.1, 0.15) is 24.0 Å². The van der Waals surface area contributed by atoms with Gasteiger partial charge in [0, 0.05) is 68.1 Å². The summed E-state index contributed by atoms with van der Waals surface area (Å²) in [6.45, 7) is 11.6. The molecule has 0 radical (unpaired) electrons. The number of esters is 1. The molecule has 3 saturated heterocycles. The number of nitrogens with zero attached hydrogens (tertiary/aromatic N) is 5. The topological polar surface area (TPSA) is 184 Å². The molecule has 2 aromatic rings. The fourth-order valence-electron chi connectivity index (χ4n) is 8.62. The van der Waals surface area contributed by atoms with Crippen LogP contribution in [0.4, 0.5) is 9.18 Å². The van der Waals surface area contributed by atoms with Gasteiger partial charge in [0.25, 0.3) is 5.67 Å². The van der Waals surface area contributed by atoms with Crippen LogP contribution in [0.2, 0.25) is 0 Å². The summed E-state index contributed by atoms with van der Waals surface area (Å²) in [5.74, 6) is -5.88. The zero-order valence-corrected chi connectivity index (χ0v) is 35.3. The van der Waals surface area contributed by atoms with Gasteiger partial charge >= 0.3 is 12.1 Å². The quantitative estimate of drug-likeness (QED) is 0.190. The number of carbonyl (C=O) groups excluding carboxylic acids is 4. The minimum atomic E-state index is -3.17. The van der Waals surface area contributed by atoms with Crippen molar-refractivity contribution in [1.29, 1.82) is 0 Å². The average molecular weight is 817 g/mol. The van der Waals surface area contributed by atoms with Crippen LogP contribution in [0, 0.1) is 17.8 Å². The van der Waals surface area contributed by atoms with Crippen LogP contribution < -0.4 is 5.43 Å². The number of alkyl halides is 1. The number of methoxy groups -OCH3 is 1. The highest BCUT2D eigenvalue weighted by atomic mass is 19.1. The van der Waals surface area contributed by atoms with E-state index in [1.165, 1.54) is 19.0 Å². The van der Waals surface area contributed by atoms with E-state index in [0.717, 1.165) is 18.2 Å². The molecule has 0 saturated carbocycles. The van der Waals surface area contributed by atoms with Gasteiger partial charge in [-0.25, -0.2) is 29.4 Å². The molecule has 2 aromatic heterocycles. The minimum absolute atomic E-state index is 0.0132. The fourth-order valence-corrected chi connectivity index (χ4v) is 8.62. The van der Waals surface area contributed by atoms with E-state index < -0.39 is 83.6 Å². The third-order valence-electron chi connectivity index (χ3n) is 12.1. The molecular formula is C41H61FN6O10. The summed E-state index contributed by atoms with van der Waals surface area (Å²) in [5.41, 5.74) is 0.146. The van der Waals surface area contributed by atoms with Gasteiger partial charge in [0.05, 0.1) is 29.8 Å². The van der Waals surface area contributed by atoms with Crippen LogP contribution in [0.3, 0.4) is 0 Å². The molecule has 3 aliphatic heterocycles. The SMILES string of the molecule is CC[C@H]1OC(=O)[C@@](C)(F)C(=O)[C@H](C)[C@@H](OC2O[C@H](C)C[C@H](N(C)C)[C@H]2O)[C@](C)(OC)C[C@@H](C)C(=O)[C@H](C)[C@@H]2C1OC(=O)N2NCCCn1cnc(-c2cccnc2)c1. The molecule has 58 heavy (non-hydrogen) atoms. The number of ketones is 2. The predicted molar refractivity (Wildman–Crippen MR) is 209 cm³/mol. The molecule has 2 N–H and O–H groups in total. The van der Waals surface area contributed by atoms with Gasteiger partial charge in [0.2, 0.25) is 0 Å². The lowest BCUT2D eigenvalue weighted by atomic mass is 9.75. The second-order valence-corrected chi connectivity index (χ2v) is 16.7. The van der Waals surface area contributed by atoms with Gasteiger partial charge in [-0.2, -0.15) is 0 Å². The second kappa shape index (κ2) is 18.6. The number of hydrazine groups is 1. The molecule has 2 unspecified atom stereocenters. The summed E-state index contributed by atoms with van der Waals surface area (Å²) in [5, 5.41) is 12.6.